The van der Waals surface area contributed by atoms with Crippen LogP contribution in [0.5, 0.6) is 11.5 Å². The van der Waals surface area contributed by atoms with Crippen LogP contribution in [0.3, 0.4) is 0 Å². The van der Waals surface area contributed by atoms with Crippen LogP contribution in [0.1, 0.15) is 9.75 Å². The van der Waals surface area contributed by atoms with Gasteiger partial charge in [0.2, 0.25) is 0 Å². The number of methoxy groups -OCH3 is 2. The lowest BCUT2D eigenvalue weighted by Gasteiger charge is -2.15. The Labute approximate surface area is 165 Å². The summed E-state index contributed by atoms with van der Waals surface area (Å²) >= 11 is 7.51. The van der Waals surface area contributed by atoms with Crippen LogP contribution >= 0.6 is 22.9 Å². The molecule has 27 heavy (non-hydrogen) atoms. The molecule has 2 heterocycles. The lowest BCUT2D eigenvalue weighted by Crippen LogP contribution is -2.15. The van der Waals surface area contributed by atoms with E-state index in [1.165, 1.54) is 43.9 Å². The van der Waals surface area contributed by atoms with Gasteiger partial charge in [-0.1, -0.05) is 16.8 Å². The van der Waals surface area contributed by atoms with Gasteiger partial charge in [0.25, 0.3) is 10.0 Å². The van der Waals surface area contributed by atoms with Crippen LogP contribution in [0.4, 0.5) is 5.69 Å². The quantitative estimate of drug-likeness (QED) is 0.622. The number of halogens is 1. The molecule has 0 fully saturated rings. The van der Waals surface area contributed by atoms with Gasteiger partial charge in [-0.15, -0.1) is 11.3 Å². The van der Waals surface area contributed by atoms with Crippen LogP contribution in [0.25, 0.3) is 11.3 Å². The van der Waals surface area contributed by atoms with Gasteiger partial charge in [-0.2, -0.15) is 0 Å². The Hall–Kier alpha value is -2.23. The van der Waals surface area contributed by atoms with E-state index in [9.17, 15) is 8.42 Å². The van der Waals surface area contributed by atoms with Crippen molar-refractivity contribution < 1.29 is 22.4 Å². The Morgan fingerprint density at radius 2 is 1.85 bits per heavy atom. The van der Waals surface area contributed by atoms with Crippen molar-refractivity contribution in [2.24, 2.45) is 0 Å². The van der Waals surface area contributed by atoms with E-state index in [2.05, 4.69) is 9.88 Å². The van der Waals surface area contributed by atoms with E-state index >= 15 is 0 Å². The number of sulfonamides is 1. The van der Waals surface area contributed by atoms with E-state index in [1.807, 2.05) is 6.92 Å². The molecule has 0 aliphatic carbocycles. The summed E-state index contributed by atoms with van der Waals surface area (Å²) in [6.45, 7) is 3.57. The Morgan fingerprint density at radius 1 is 1.15 bits per heavy atom. The molecule has 0 bridgehead atoms. The van der Waals surface area contributed by atoms with E-state index in [-0.39, 0.29) is 21.4 Å². The van der Waals surface area contributed by atoms with Gasteiger partial charge in [0.05, 0.1) is 36.7 Å². The molecule has 2 aromatic heterocycles. The Morgan fingerprint density at radius 3 is 2.44 bits per heavy atom. The maximum absolute atomic E-state index is 13.2. The molecule has 0 aliphatic rings. The zero-order chi connectivity index (χ0) is 19.8. The molecule has 10 heteroatoms. The van der Waals surface area contributed by atoms with Crippen LogP contribution in [-0.4, -0.2) is 27.8 Å². The highest BCUT2D eigenvalue weighted by Crippen LogP contribution is 2.41. The molecule has 7 nitrogen and oxygen atoms in total. The van der Waals surface area contributed by atoms with Gasteiger partial charge in [-0.25, -0.2) is 8.42 Å². The molecule has 144 valence electrons. The molecule has 0 saturated carbocycles. The third kappa shape index (κ3) is 3.62. The molecular weight excluding hydrogens is 412 g/mol. The lowest BCUT2D eigenvalue weighted by molar-refractivity contribution is 0.396. The molecule has 0 unspecified atom stereocenters. The average molecular weight is 429 g/mol. The third-order valence-electron chi connectivity index (χ3n) is 3.88. The number of anilines is 1. The standard InChI is InChI=1S/C17H17ClN2O5S2/c1-9-16(13-5-6-19-25-13)17(10(2)26-9)27(21,22)20-12-7-11(18)14(23-3)8-15(12)24-4/h5-8,20H,1-4H3. The monoisotopic (exact) mass is 428 g/mol. The Bertz CT molecular complexity index is 1080. The van der Waals surface area contributed by atoms with Crippen LogP contribution in [0, 0.1) is 13.8 Å². The molecule has 1 aromatic carbocycles. The summed E-state index contributed by atoms with van der Waals surface area (Å²) in [6.07, 6.45) is 1.47. The van der Waals surface area contributed by atoms with Crippen molar-refractivity contribution in [3.8, 4) is 22.8 Å². The van der Waals surface area contributed by atoms with Gasteiger partial charge in [-0.3, -0.25) is 4.72 Å². The number of hydrogen-bond donors (Lipinski definition) is 1. The number of aryl methyl sites for hydroxylation is 2. The average Bonchev–Trinajstić information content (AvgIpc) is 3.22. The fraction of sp³-hybridized carbons (Fsp3) is 0.235. The van der Waals surface area contributed by atoms with Gasteiger partial charge in [0.15, 0.2) is 5.76 Å². The zero-order valence-corrected chi connectivity index (χ0v) is 17.4. The van der Waals surface area contributed by atoms with Crippen molar-refractivity contribution in [3.05, 3.63) is 39.2 Å². The van der Waals surface area contributed by atoms with E-state index in [0.717, 1.165) is 4.88 Å². The van der Waals surface area contributed by atoms with Crippen molar-refractivity contribution in [2.45, 2.75) is 18.7 Å². The first kappa shape index (κ1) is 19.5. The van der Waals surface area contributed by atoms with E-state index < -0.39 is 10.0 Å². The van der Waals surface area contributed by atoms with E-state index in [4.69, 9.17) is 25.6 Å². The predicted octanol–water partition coefficient (Wildman–Crippen LogP) is 4.49. The number of benzene rings is 1. The number of hydrogen-bond acceptors (Lipinski definition) is 7. The molecule has 0 spiro atoms. The second-order valence-corrected chi connectivity index (χ2v) is 9.04. The zero-order valence-electron chi connectivity index (χ0n) is 15.0. The third-order valence-corrected chi connectivity index (χ3v) is 6.86. The van der Waals surface area contributed by atoms with Crippen LogP contribution in [0.15, 0.2) is 33.8 Å². The maximum atomic E-state index is 13.2. The van der Waals surface area contributed by atoms with Crippen molar-refractivity contribution in [2.75, 3.05) is 18.9 Å². The largest absolute Gasteiger partial charge is 0.495 e. The first-order chi connectivity index (χ1) is 12.8. The van der Waals surface area contributed by atoms with Gasteiger partial charge in [-0.05, 0) is 19.9 Å². The summed E-state index contributed by atoms with van der Waals surface area (Å²) in [5, 5.41) is 3.93. The van der Waals surface area contributed by atoms with Crippen molar-refractivity contribution in [3.63, 3.8) is 0 Å². The van der Waals surface area contributed by atoms with Gasteiger partial charge in [0.1, 0.15) is 16.4 Å². The highest BCUT2D eigenvalue weighted by Gasteiger charge is 2.29. The van der Waals surface area contributed by atoms with Crippen LogP contribution in [-0.2, 0) is 10.0 Å². The minimum atomic E-state index is -3.96. The fourth-order valence-electron chi connectivity index (χ4n) is 2.75. The van der Waals surface area contributed by atoms with Crippen LogP contribution in [0.2, 0.25) is 5.02 Å². The molecule has 1 N–H and O–H groups in total. The summed E-state index contributed by atoms with van der Waals surface area (Å²) in [5.74, 6) is 1.05. The number of aromatic nitrogens is 1. The molecule has 3 rings (SSSR count). The second-order valence-electron chi connectivity index (χ2n) is 5.59. The second kappa shape index (κ2) is 7.41. The van der Waals surface area contributed by atoms with Crippen molar-refractivity contribution in [1.82, 2.24) is 5.16 Å². The van der Waals surface area contributed by atoms with Crippen molar-refractivity contribution in [1.29, 1.82) is 0 Å². The molecular formula is C17H17ClN2O5S2. The molecule has 0 aliphatic heterocycles. The van der Waals surface area contributed by atoms with Crippen LogP contribution < -0.4 is 14.2 Å². The Kier molecular flexibility index (Phi) is 5.36. The molecule has 0 radical (unpaired) electrons. The van der Waals surface area contributed by atoms with E-state index in [1.54, 1.807) is 13.0 Å². The molecule has 0 atom stereocenters. The molecule has 0 amide bonds. The first-order valence-corrected chi connectivity index (χ1v) is 10.4. The molecule has 3 aromatic rings. The number of thiophene rings is 1. The Balaban J connectivity index is 2.11. The minimum Gasteiger partial charge on any atom is -0.495 e. The SMILES string of the molecule is COc1cc(OC)c(NS(=O)(=O)c2c(C)sc(C)c2-c2ccno2)cc1Cl. The van der Waals surface area contributed by atoms with Gasteiger partial charge < -0.3 is 14.0 Å². The number of nitrogens with one attached hydrogen (secondary N) is 1. The number of ether oxygens (including phenoxy) is 2. The summed E-state index contributed by atoms with van der Waals surface area (Å²) in [6, 6.07) is 4.58. The fourth-order valence-corrected chi connectivity index (χ4v) is 5.92. The normalized spacial score (nSPS) is 11.4. The minimum absolute atomic E-state index is 0.135. The highest BCUT2D eigenvalue weighted by atomic mass is 35.5. The summed E-state index contributed by atoms with van der Waals surface area (Å²) in [4.78, 5) is 1.57. The summed E-state index contributed by atoms with van der Waals surface area (Å²) in [7, 11) is -1.06. The van der Waals surface area contributed by atoms with Gasteiger partial charge >= 0.3 is 0 Å². The number of rotatable bonds is 6. The van der Waals surface area contributed by atoms with E-state index in [0.29, 0.717) is 22.0 Å². The highest BCUT2D eigenvalue weighted by molar-refractivity contribution is 7.93. The maximum Gasteiger partial charge on any atom is 0.263 e. The number of nitrogens with zero attached hydrogens (tertiary/aromatic N) is 1. The smallest absolute Gasteiger partial charge is 0.263 e. The topological polar surface area (TPSA) is 90.7 Å². The summed E-state index contributed by atoms with van der Waals surface area (Å²) in [5.41, 5.74) is 0.691. The molecule has 0 saturated heterocycles. The van der Waals surface area contributed by atoms with Gasteiger partial charge in [0, 0.05) is 21.9 Å². The predicted molar refractivity (Wildman–Crippen MR) is 105 cm³/mol. The van der Waals surface area contributed by atoms with Crippen molar-refractivity contribution >= 4 is 38.6 Å². The lowest BCUT2D eigenvalue weighted by atomic mass is 10.2. The summed E-state index contributed by atoms with van der Waals surface area (Å²) < 4.78 is 44.5. The first-order valence-electron chi connectivity index (χ1n) is 7.74.